The van der Waals surface area contributed by atoms with Crippen molar-refractivity contribution in [2.45, 2.75) is 33.4 Å². The van der Waals surface area contributed by atoms with Crippen molar-refractivity contribution >= 4 is 17.3 Å². The lowest BCUT2D eigenvalue weighted by molar-refractivity contribution is 0.0975. The number of hydrogen-bond acceptors (Lipinski definition) is 3. The molecule has 4 heteroatoms. The van der Waals surface area contributed by atoms with Gasteiger partial charge in [-0.3, -0.25) is 9.69 Å². The number of nitrogens with zero attached hydrogens (tertiary/aromatic N) is 1. The minimum absolute atomic E-state index is 0.00101. The molecule has 1 atom stereocenters. The third-order valence-electron chi connectivity index (χ3n) is 5.36. The van der Waals surface area contributed by atoms with Gasteiger partial charge in [0.25, 0.3) is 5.91 Å². The van der Waals surface area contributed by atoms with E-state index in [1.807, 2.05) is 59.5 Å². The molecule has 1 heterocycles. The normalized spacial score (nSPS) is 15.6. The van der Waals surface area contributed by atoms with Crippen LogP contribution in [0.4, 0.5) is 11.4 Å². The molecule has 0 spiro atoms. The number of fused-ring (bicyclic) bond motifs is 1. The summed E-state index contributed by atoms with van der Waals surface area (Å²) in [5, 5.41) is 3.55. The van der Waals surface area contributed by atoms with E-state index in [4.69, 9.17) is 4.74 Å². The zero-order chi connectivity index (χ0) is 20.4. The molecule has 0 saturated heterocycles. The van der Waals surface area contributed by atoms with Gasteiger partial charge in [-0.05, 0) is 73.4 Å². The molecule has 0 aromatic heterocycles. The molecule has 3 aromatic carbocycles. The van der Waals surface area contributed by atoms with Gasteiger partial charge in [-0.25, -0.2) is 0 Å². The van der Waals surface area contributed by atoms with E-state index >= 15 is 0 Å². The van der Waals surface area contributed by atoms with Gasteiger partial charge in [-0.15, -0.1) is 0 Å². The van der Waals surface area contributed by atoms with E-state index in [1.165, 1.54) is 5.56 Å². The standard InChI is InChI=1S/C25H26N2O2/c1-4-15-29-21-13-10-19(11-14-21)24-26-23-8-6-5-7-22(23)25(28)27(24)20-12-9-17(2)18(3)16-20/h5-14,16,24,26H,4,15H2,1-3H3. The number of nitrogens with one attached hydrogen (secondary N) is 1. The van der Waals surface area contributed by atoms with Crippen molar-refractivity contribution in [1.82, 2.24) is 0 Å². The second kappa shape index (κ2) is 8.00. The third kappa shape index (κ3) is 3.70. The highest BCUT2D eigenvalue weighted by molar-refractivity contribution is 6.12. The molecule has 4 nitrogen and oxygen atoms in total. The smallest absolute Gasteiger partial charge is 0.262 e. The van der Waals surface area contributed by atoms with E-state index < -0.39 is 0 Å². The Morgan fingerprint density at radius 2 is 1.72 bits per heavy atom. The monoisotopic (exact) mass is 386 g/mol. The van der Waals surface area contributed by atoms with Gasteiger partial charge in [0.05, 0.1) is 12.2 Å². The Labute approximate surface area is 172 Å². The van der Waals surface area contributed by atoms with Gasteiger partial charge in [0.15, 0.2) is 0 Å². The Balaban J connectivity index is 1.76. The van der Waals surface area contributed by atoms with Crippen LogP contribution in [-0.4, -0.2) is 12.5 Å². The average Bonchev–Trinajstić information content (AvgIpc) is 2.75. The second-order valence-electron chi connectivity index (χ2n) is 7.45. The predicted octanol–water partition coefficient (Wildman–Crippen LogP) is 5.86. The summed E-state index contributed by atoms with van der Waals surface area (Å²) in [7, 11) is 0. The van der Waals surface area contributed by atoms with Gasteiger partial charge < -0.3 is 10.1 Å². The minimum Gasteiger partial charge on any atom is -0.494 e. The topological polar surface area (TPSA) is 41.6 Å². The molecular weight excluding hydrogens is 360 g/mol. The maximum Gasteiger partial charge on any atom is 0.262 e. The number of amides is 1. The van der Waals surface area contributed by atoms with E-state index in [0.29, 0.717) is 12.2 Å². The molecule has 3 aromatic rings. The first-order valence-corrected chi connectivity index (χ1v) is 10.1. The Hall–Kier alpha value is -3.27. The largest absolute Gasteiger partial charge is 0.494 e. The summed E-state index contributed by atoms with van der Waals surface area (Å²) in [4.78, 5) is 15.3. The molecular formula is C25H26N2O2. The van der Waals surface area contributed by atoms with E-state index in [0.717, 1.165) is 34.7 Å². The van der Waals surface area contributed by atoms with Crippen molar-refractivity contribution in [3.8, 4) is 5.75 Å². The number of rotatable bonds is 5. The van der Waals surface area contributed by atoms with Crippen LogP contribution >= 0.6 is 0 Å². The summed E-state index contributed by atoms with van der Waals surface area (Å²) in [5.74, 6) is 0.842. The number of hydrogen-bond donors (Lipinski definition) is 1. The molecule has 0 fully saturated rings. The van der Waals surface area contributed by atoms with Crippen molar-refractivity contribution in [3.05, 3.63) is 89.0 Å². The number of anilines is 2. The van der Waals surface area contributed by atoms with Gasteiger partial charge in [-0.1, -0.05) is 37.3 Å². The van der Waals surface area contributed by atoms with Gasteiger partial charge in [0.2, 0.25) is 0 Å². The van der Waals surface area contributed by atoms with Gasteiger partial charge in [0, 0.05) is 11.4 Å². The van der Waals surface area contributed by atoms with Crippen LogP contribution in [0.3, 0.4) is 0 Å². The quantitative estimate of drug-likeness (QED) is 0.597. The SMILES string of the molecule is CCCOc1ccc(C2Nc3ccccc3C(=O)N2c2ccc(C)c(C)c2)cc1. The average molecular weight is 386 g/mol. The molecule has 1 aliphatic rings. The van der Waals surface area contributed by atoms with Crippen LogP contribution in [0.2, 0.25) is 0 Å². The molecule has 0 bridgehead atoms. The van der Waals surface area contributed by atoms with Crippen molar-refractivity contribution in [1.29, 1.82) is 0 Å². The fourth-order valence-electron chi connectivity index (χ4n) is 3.59. The summed E-state index contributed by atoms with van der Waals surface area (Å²) in [5.41, 5.74) is 5.81. The van der Waals surface area contributed by atoms with E-state index in [1.54, 1.807) is 0 Å². The maximum absolute atomic E-state index is 13.5. The van der Waals surface area contributed by atoms with Crippen LogP contribution in [0.5, 0.6) is 5.75 Å². The van der Waals surface area contributed by atoms with Crippen molar-refractivity contribution in [2.24, 2.45) is 0 Å². The molecule has 29 heavy (non-hydrogen) atoms. The van der Waals surface area contributed by atoms with Crippen LogP contribution in [0, 0.1) is 13.8 Å². The number of ether oxygens (including phenoxy) is 1. The number of benzene rings is 3. The molecule has 1 amide bonds. The Kier molecular flexibility index (Phi) is 5.26. The Morgan fingerprint density at radius 1 is 0.966 bits per heavy atom. The minimum atomic E-state index is -0.292. The van der Waals surface area contributed by atoms with Gasteiger partial charge in [0.1, 0.15) is 11.9 Å². The third-order valence-corrected chi connectivity index (χ3v) is 5.36. The molecule has 0 radical (unpaired) electrons. The van der Waals surface area contributed by atoms with E-state index in [9.17, 15) is 4.79 Å². The zero-order valence-electron chi connectivity index (χ0n) is 17.1. The molecule has 1 aliphatic heterocycles. The van der Waals surface area contributed by atoms with Crippen LogP contribution in [0.25, 0.3) is 0 Å². The summed E-state index contributed by atoms with van der Waals surface area (Å²) in [6, 6.07) is 21.8. The van der Waals surface area contributed by atoms with Crippen molar-refractivity contribution in [2.75, 3.05) is 16.8 Å². The van der Waals surface area contributed by atoms with Crippen LogP contribution < -0.4 is 15.0 Å². The molecule has 0 aliphatic carbocycles. The highest BCUT2D eigenvalue weighted by Crippen LogP contribution is 2.37. The summed E-state index contributed by atoms with van der Waals surface area (Å²) in [6.07, 6.45) is 0.678. The Morgan fingerprint density at radius 3 is 2.45 bits per heavy atom. The fraction of sp³-hybridized carbons (Fsp3) is 0.240. The summed E-state index contributed by atoms with van der Waals surface area (Å²) in [6.45, 7) is 6.94. The first-order chi connectivity index (χ1) is 14.1. The Bertz CT molecular complexity index is 1030. The number of carbonyl (C=O) groups excluding carboxylic acids is 1. The first kappa shape index (κ1) is 19.1. The van der Waals surface area contributed by atoms with Crippen molar-refractivity contribution in [3.63, 3.8) is 0 Å². The van der Waals surface area contributed by atoms with Crippen molar-refractivity contribution < 1.29 is 9.53 Å². The first-order valence-electron chi connectivity index (χ1n) is 10.1. The molecule has 1 unspecified atom stereocenters. The molecule has 0 saturated carbocycles. The fourth-order valence-corrected chi connectivity index (χ4v) is 3.59. The van der Waals surface area contributed by atoms with E-state index in [2.05, 4.69) is 38.2 Å². The summed E-state index contributed by atoms with van der Waals surface area (Å²) >= 11 is 0. The predicted molar refractivity (Wildman–Crippen MR) is 118 cm³/mol. The lowest BCUT2D eigenvalue weighted by atomic mass is 10.0. The second-order valence-corrected chi connectivity index (χ2v) is 7.45. The van der Waals surface area contributed by atoms with Gasteiger partial charge >= 0.3 is 0 Å². The summed E-state index contributed by atoms with van der Waals surface area (Å²) < 4.78 is 5.71. The molecule has 148 valence electrons. The maximum atomic E-state index is 13.5. The zero-order valence-corrected chi connectivity index (χ0v) is 17.1. The van der Waals surface area contributed by atoms with E-state index in [-0.39, 0.29) is 12.1 Å². The van der Waals surface area contributed by atoms with Crippen LogP contribution in [0.15, 0.2) is 66.7 Å². The van der Waals surface area contributed by atoms with Gasteiger partial charge in [-0.2, -0.15) is 0 Å². The van der Waals surface area contributed by atoms with Crippen LogP contribution in [-0.2, 0) is 0 Å². The number of para-hydroxylation sites is 1. The lowest BCUT2D eigenvalue weighted by Crippen LogP contribution is -2.43. The highest BCUT2D eigenvalue weighted by Gasteiger charge is 2.34. The number of carbonyl (C=O) groups is 1. The lowest BCUT2D eigenvalue weighted by Gasteiger charge is -2.38. The highest BCUT2D eigenvalue weighted by atomic mass is 16.5. The molecule has 4 rings (SSSR count). The number of aryl methyl sites for hydroxylation is 2. The van der Waals surface area contributed by atoms with Crippen LogP contribution in [0.1, 0.15) is 46.6 Å². The molecule has 1 N–H and O–H groups in total.